The van der Waals surface area contributed by atoms with Gasteiger partial charge >= 0.3 is 0 Å². The molecule has 0 saturated heterocycles. The molecule has 14 heavy (non-hydrogen) atoms. The molecule has 4 heteroatoms. The van der Waals surface area contributed by atoms with Gasteiger partial charge in [-0.25, -0.2) is 4.98 Å². The largest absolute Gasteiger partial charge is 0.230 e. The molecule has 0 atom stereocenters. The molecule has 1 heterocycles. The Hall–Kier alpha value is -0.510. The zero-order valence-electron chi connectivity index (χ0n) is 7.49. The first-order chi connectivity index (χ1) is 6.66. The molecule has 0 fully saturated rings. The van der Waals surface area contributed by atoms with Crippen molar-refractivity contribution < 1.29 is 0 Å². The highest BCUT2D eigenvalue weighted by molar-refractivity contribution is 7.80. The van der Waals surface area contributed by atoms with Crippen LogP contribution in [-0.2, 0) is 0 Å². The normalized spacial score (nSPS) is 10.5. The summed E-state index contributed by atoms with van der Waals surface area (Å²) in [5, 5.41) is 2.54. The number of aromatic nitrogens is 1. The first-order valence-corrected chi connectivity index (χ1v) is 5.73. The van der Waals surface area contributed by atoms with Gasteiger partial charge in [-0.15, -0.1) is 24.0 Å². The quantitative estimate of drug-likeness (QED) is 0.743. The van der Waals surface area contributed by atoms with Crippen LogP contribution >= 0.6 is 35.6 Å². The van der Waals surface area contributed by atoms with E-state index in [4.69, 9.17) is 11.6 Å². The summed E-state index contributed by atoms with van der Waals surface area (Å²) in [6, 6.07) is 7.67. The molecule has 0 radical (unpaired) electrons. The Balaban J connectivity index is 2.44. The van der Waals surface area contributed by atoms with Gasteiger partial charge in [0.15, 0.2) is 0 Å². The summed E-state index contributed by atoms with van der Waals surface area (Å²) in [5.74, 6) is 0. The molecule has 1 aromatic carbocycles. The minimum absolute atomic E-state index is 0.744. The highest BCUT2D eigenvalue weighted by atomic mass is 35.5. The van der Waals surface area contributed by atoms with Crippen molar-refractivity contribution >= 4 is 35.6 Å². The molecule has 1 nitrogen and oxygen atoms in total. The van der Waals surface area contributed by atoms with E-state index in [1.165, 1.54) is 0 Å². The monoisotopic (exact) mass is 241 g/mol. The summed E-state index contributed by atoms with van der Waals surface area (Å²) < 4.78 is 0. The molecule has 0 spiro atoms. The second-order valence-electron chi connectivity index (χ2n) is 2.91. The lowest BCUT2D eigenvalue weighted by molar-refractivity contribution is 1.17. The number of rotatable bonds is 1. The average Bonchev–Trinajstić information content (AvgIpc) is 2.48. The van der Waals surface area contributed by atoms with Crippen molar-refractivity contribution in [2.75, 3.05) is 0 Å². The third-order valence-electron chi connectivity index (χ3n) is 1.86. The van der Waals surface area contributed by atoms with Gasteiger partial charge in [-0.05, 0) is 19.1 Å². The standard InChI is InChI=1S/C10H8ClNS2/c1-6-9(13)12-10(14-6)7-2-4-8(11)5-3-7/h2-5,13H,1H3. The van der Waals surface area contributed by atoms with Crippen LogP contribution in [0.2, 0.25) is 5.02 Å². The van der Waals surface area contributed by atoms with Gasteiger partial charge in [-0.1, -0.05) is 23.7 Å². The number of hydrogen-bond donors (Lipinski definition) is 1. The molecule has 0 aliphatic rings. The van der Waals surface area contributed by atoms with E-state index >= 15 is 0 Å². The van der Waals surface area contributed by atoms with Crippen molar-refractivity contribution in [3.8, 4) is 10.6 Å². The maximum absolute atomic E-state index is 5.80. The van der Waals surface area contributed by atoms with Gasteiger partial charge in [0.25, 0.3) is 0 Å². The third-order valence-corrected chi connectivity index (χ3v) is 3.72. The zero-order chi connectivity index (χ0) is 10.1. The molecule has 0 unspecified atom stereocenters. The van der Waals surface area contributed by atoms with Crippen molar-refractivity contribution in [3.05, 3.63) is 34.2 Å². The topological polar surface area (TPSA) is 12.9 Å². The maximum atomic E-state index is 5.80. The minimum atomic E-state index is 0.744. The molecule has 0 bridgehead atoms. The molecular formula is C10H8ClNS2. The number of benzene rings is 1. The second kappa shape index (κ2) is 3.93. The zero-order valence-corrected chi connectivity index (χ0v) is 9.96. The van der Waals surface area contributed by atoms with E-state index in [0.717, 1.165) is 25.5 Å². The van der Waals surface area contributed by atoms with Crippen LogP contribution < -0.4 is 0 Å². The van der Waals surface area contributed by atoms with Crippen molar-refractivity contribution in [2.24, 2.45) is 0 Å². The summed E-state index contributed by atoms with van der Waals surface area (Å²) in [6.45, 7) is 2.01. The number of aryl methyl sites for hydroxylation is 1. The Kier molecular flexibility index (Phi) is 2.81. The Morgan fingerprint density at radius 2 is 1.93 bits per heavy atom. The maximum Gasteiger partial charge on any atom is 0.124 e. The van der Waals surface area contributed by atoms with E-state index in [1.54, 1.807) is 11.3 Å². The van der Waals surface area contributed by atoms with Crippen molar-refractivity contribution in [1.29, 1.82) is 0 Å². The lowest BCUT2D eigenvalue weighted by Gasteiger charge is -1.94. The van der Waals surface area contributed by atoms with E-state index in [-0.39, 0.29) is 0 Å². The predicted octanol–water partition coefficient (Wildman–Crippen LogP) is 4.06. The molecule has 2 aromatic rings. The van der Waals surface area contributed by atoms with Crippen LogP contribution in [-0.4, -0.2) is 4.98 Å². The number of thiazole rings is 1. The predicted molar refractivity (Wildman–Crippen MR) is 64.5 cm³/mol. The molecule has 0 saturated carbocycles. The van der Waals surface area contributed by atoms with Gasteiger partial charge < -0.3 is 0 Å². The first kappa shape index (κ1) is 10.0. The molecule has 2 rings (SSSR count). The summed E-state index contributed by atoms with van der Waals surface area (Å²) in [7, 11) is 0. The minimum Gasteiger partial charge on any atom is -0.230 e. The van der Waals surface area contributed by atoms with Gasteiger partial charge in [0, 0.05) is 15.5 Å². The number of hydrogen-bond acceptors (Lipinski definition) is 3. The molecule has 0 amide bonds. The van der Waals surface area contributed by atoms with Crippen LogP contribution in [0.5, 0.6) is 0 Å². The van der Waals surface area contributed by atoms with E-state index in [9.17, 15) is 0 Å². The van der Waals surface area contributed by atoms with Crippen LogP contribution in [0.1, 0.15) is 4.88 Å². The number of nitrogens with zero attached hydrogens (tertiary/aromatic N) is 1. The lowest BCUT2D eigenvalue weighted by Crippen LogP contribution is -1.74. The fourth-order valence-electron chi connectivity index (χ4n) is 1.10. The summed E-state index contributed by atoms with van der Waals surface area (Å²) in [4.78, 5) is 5.49. The van der Waals surface area contributed by atoms with Gasteiger partial charge in [0.05, 0.1) is 0 Å². The number of thiol groups is 1. The van der Waals surface area contributed by atoms with Crippen LogP contribution in [0.3, 0.4) is 0 Å². The first-order valence-electron chi connectivity index (χ1n) is 4.09. The Morgan fingerprint density at radius 1 is 1.29 bits per heavy atom. The van der Waals surface area contributed by atoms with Crippen molar-refractivity contribution in [1.82, 2.24) is 4.98 Å². The van der Waals surface area contributed by atoms with Crippen LogP contribution in [0.25, 0.3) is 10.6 Å². The highest BCUT2D eigenvalue weighted by Gasteiger charge is 2.05. The summed E-state index contributed by atoms with van der Waals surface area (Å²) >= 11 is 11.7. The molecule has 72 valence electrons. The SMILES string of the molecule is Cc1sc(-c2ccc(Cl)cc2)nc1S. The van der Waals surface area contributed by atoms with Crippen LogP contribution in [0.4, 0.5) is 0 Å². The van der Waals surface area contributed by atoms with Crippen LogP contribution in [0.15, 0.2) is 29.3 Å². The average molecular weight is 242 g/mol. The fraction of sp³-hybridized carbons (Fsp3) is 0.100. The molecular weight excluding hydrogens is 234 g/mol. The van der Waals surface area contributed by atoms with Gasteiger partial charge in [-0.3, -0.25) is 0 Å². The summed E-state index contributed by atoms with van der Waals surface area (Å²) in [6.07, 6.45) is 0. The fourth-order valence-corrected chi connectivity index (χ4v) is 2.35. The van der Waals surface area contributed by atoms with E-state index in [2.05, 4.69) is 17.6 Å². The van der Waals surface area contributed by atoms with Gasteiger partial charge in [0.2, 0.25) is 0 Å². The van der Waals surface area contributed by atoms with E-state index < -0.39 is 0 Å². The van der Waals surface area contributed by atoms with Crippen molar-refractivity contribution in [2.45, 2.75) is 11.9 Å². The number of halogens is 1. The second-order valence-corrected chi connectivity index (χ2v) is 4.97. The Bertz CT molecular complexity index is 428. The molecule has 0 N–H and O–H groups in total. The van der Waals surface area contributed by atoms with Crippen molar-refractivity contribution in [3.63, 3.8) is 0 Å². The molecule has 0 aliphatic carbocycles. The Morgan fingerprint density at radius 3 is 2.43 bits per heavy atom. The smallest absolute Gasteiger partial charge is 0.124 e. The summed E-state index contributed by atoms with van der Waals surface area (Å²) in [5.41, 5.74) is 1.09. The third kappa shape index (κ3) is 1.95. The van der Waals surface area contributed by atoms with E-state index in [1.807, 2.05) is 31.2 Å². The van der Waals surface area contributed by atoms with Gasteiger partial charge in [0.1, 0.15) is 10.0 Å². The van der Waals surface area contributed by atoms with Crippen LogP contribution in [0, 0.1) is 6.92 Å². The lowest BCUT2D eigenvalue weighted by atomic mass is 10.2. The highest BCUT2D eigenvalue weighted by Crippen LogP contribution is 2.29. The van der Waals surface area contributed by atoms with Gasteiger partial charge in [-0.2, -0.15) is 0 Å². The molecule has 0 aliphatic heterocycles. The Labute approximate surface area is 97.2 Å². The van der Waals surface area contributed by atoms with E-state index in [0.29, 0.717) is 0 Å². The molecule has 1 aromatic heterocycles.